The topological polar surface area (TPSA) is 55.6 Å². The Morgan fingerprint density at radius 3 is 2.67 bits per heavy atom. The number of rotatable bonds is 6. The van der Waals surface area contributed by atoms with Gasteiger partial charge in [-0.3, -0.25) is 4.79 Å². The molecule has 0 aliphatic heterocycles. The van der Waals surface area contributed by atoms with Crippen LogP contribution in [0.2, 0.25) is 0 Å². The van der Waals surface area contributed by atoms with E-state index in [2.05, 4.69) is 0 Å². The van der Waals surface area contributed by atoms with Crippen LogP contribution in [0.25, 0.3) is 0 Å². The van der Waals surface area contributed by atoms with Crippen molar-refractivity contribution in [1.82, 2.24) is 4.90 Å². The molecular weight excluding hydrogens is 271 g/mol. The third-order valence-electron chi connectivity index (χ3n) is 4.18. The highest BCUT2D eigenvalue weighted by molar-refractivity contribution is 5.77. The summed E-state index contributed by atoms with van der Waals surface area (Å²) in [6, 6.07) is 4.77. The summed E-state index contributed by atoms with van der Waals surface area (Å²) in [5, 5.41) is 0. The van der Waals surface area contributed by atoms with Crippen molar-refractivity contribution < 1.29 is 13.9 Å². The van der Waals surface area contributed by atoms with E-state index in [-0.39, 0.29) is 17.2 Å². The van der Waals surface area contributed by atoms with Gasteiger partial charge in [-0.2, -0.15) is 0 Å². The molecule has 1 aromatic rings. The SMILES string of the molecule is CCN(Cc1ccc(OC)c(F)c1)C(=O)CC1(N)CCC1. The molecule has 0 radical (unpaired) electrons. The summed E-state index contributed by atoms with van der Waals surface area (Å²) in [7, 11) is 1.43. The van der Waals surface area contributed by atoms with E-state index < -0.39 is 5.82 Å². The van der Waals surface area contributed by atoms with Crippen molar-refractivity contribution in [2.45, 2.75) is 44.7 Å². The van der Waals surface area contributed by atoms with Crippen molar-refractivity contribution in [2.75, 3.05) is 13.7 Å². The van der Waals surface area contributed by atoms with Gasteiger partial charge < -0.3 is 15.4 Å². The molecule has 0 saturated heterocycles. The van der Waals surface area contributed by atoms with Gasteiger partial charge in [0, 0.05) is 25.0 Å². The van der Waals surface area contributed by atoms with Crippen molar-refractivity contribution >= 4 is 5.91 Å². The van der Waals surface area contributed by atoms with Gasteiger partial charge in [0.15, 0.2) is 11.6 Å². The Balaban J connectivity index is 2.01. The van der Waals surface area contributed by atoms with E-state index in [1.165, 1.54) is 13.2 Å². The number of halogens is 1. The van der Waals surface area contributed by atoms with Crippen LogP contribution in [-0.2, 0) is 11.3 Å². The highest BCUT2D eigenvalue weighted by atomic mass is 19.1. The average Bonchev–Trinajstić information content (AvgIpc) is 2.43. The minimum Gasteiger partial charge on any atom is -0.494 e. The van der Waals surface area contributed by atoms with Crippen LogP contribution in [-0.4, -0.2) is 30.0 Å². The minimum atomic E-state index is -0.409. The summed E-state index contributed by atoms with van der Waals surface area (Å²) in [6.07, 6.45) is 3.29. The Morgan fingerprint density at radius 2 is 2.19 bits per heavy atom. The first kappa shape index (κ1) is 15.8. The lowest BCUT2D eigenvalue weighted by atomic mass is 9.75. The van der Waals surface area contributed by atoms with E-state index in [1.54, 1.807) is 17.0 Å². The van der Waals surface area contributed by atoms with Gasteiger partial charge >= 0.3 is 0 Å². The van der Waals surface area contributed by atoms with Crippen LogP contribution in [0, 0.1) is 5.82 Å². The van der Waals surface area contributed by atoms with Crippen molar-refractivity contribution in [1.29, 1.82) is 0 Å². The van der Waals surface area contributed by atoms with Crippen LogP contribution in [0.3, 0.4) is 0 Å². The fourth-order valence-electron chi connectivity index (χ4n) is 2.63. The van der Waals surface area contributed by atoms with Gasteiger partial charge in [0.2, 0.25) is 5.91 Å². The smallest absolute Gasteiger partial charge is 0.224 e. The summed E-state index contributed by atoms with van der Waals surface area (Å²) in [6.45, 7) is 2.90. The number of hydrogen-bond acceptors (Lipinski definition) is 3. The van der Waals surface area contributed by atoms with Crippen LogP contribution in [0.15, 0.2) is 18.2 Å². The molecule has 1 aliphatic rings. The van der Waals surface area contributed by atoms with Crippen molar-refractivity contribution in [3.05, 3.63) is 29.6 Å². The van der Waals surface area contributed by atoms with Gasteiger partial charge in [0.25, 0.3) is 0 Å². The Labute approximate surface area is 125 Å². The molecule has 116 valence electrons. The molecule has 0 atom stereocenters. The summed E-state index contributed by atoms with van der Waals surface area (Å²) in [5.41, 5.74) is 6.56. The van der Waals surface area contributed by atoms with Crippen molar-refractivity contribution in [3.63, 3.8) is 0 Å². The van der Waals surface area contributed by atoms with Crippen LogP contribution in [0.1, 0.15) is 38.2 Å². The molecular formula is C16H23FN2O2. The van der Waals surface area contributed by atoms with Crippen molar-refractivity contribution in [3.8, 4) is 5.75 Å². The molecule has 21 heavy (non-hydrogen) atoms. The standard InChI is InChI=1S/C16H23FN2O2/c1-3-19(15(20)10-16(18)7-4-8-16)11-12-5-6-14(21-2)13(17)9-12/h5-6,9H,3-4,7-8,10-11,18H2,1-2H3. The Bertz CT molecular complexity index is 515. The van der Waals surface area contributed by atoms with E-state index in [0.717, 1.165) is 24.8 Å². The monoisotopic (exact) mass is 294 g/mol. The van der Waals surface area contributed by atoms with E-state index in [9.17, 15) is 9.18 Å². The quantitative estimate of drug-likeness (QED) is 0.877. The average molecular weight is 294 g/mol. The first-order valence-corrected chi connectivity index (χ1v) is 7.36. The van der Waals surface area contributed by atoms with Gasteiger partial charge in [-0.15, -0.1) is 0 Å². The van der Waals surface area contributed by atoms with Crippen LogP contribution in [0.5, 0.6) is 5.75 Å². The molecule has 0 unspecified atom stereocenters. The van der Waals surface area contributed by atoms with Gasteiger partial charge in [-0.25, -0.2) is 4.39 Å². The zero-order chi connectivity index (χ0) is 15.5. The molecule has 1 fully saturated rings. The molecule has 1 saturated carbocycles. The van der Waals surface area contributed by atoms with Gasteiger partial charge in [0.1, 0.15) is 0 Å². The summed E-state index contributed by atoms with van der Waals surface area (Å²) in [5.74, 6) is -0.160. The van der Waals surface area contributed by atoms with Crippen LogP contribution in [0.4, 0.5) is 4.39 Å². The van der Waals surface area contributed by atoms with Gasteiger partial charge in [-0.05, 0) is 43.9 Å². The Hall–Kier alpha value is -1.62. The van der Waals surface area contributed by atoms with E-state index >= 15 is 0 Å². The number of hydrogen-bond donors (Lipinski definition) is 1. The Kier molecular flexibility index (Phi) is 4.83. The number of nitrogens with two attached hydrogens (primary N) is 1. The number of nitrogens with zero attached hydrogens (tertiary/aromatic N) is 1. The predicted molar refractivity (Wildman–Crippen MR) is 79.4 cm³/mol. The molecule has 0 heterocycles. The largest absolute Gasteiger partial charge is 0.494 e. The molecule has 4 nitrogen and oxygen atoms in total. The van der Waals surface area contributed by atoms with Crippen LogP contribution < -0.4 is 10.5 Å². The first-order chi connectivity index (χ1) is 9.97. The number of carbonyl (C=O) groups is 1. The molecule has 0 aromatic heterocycles. The predicted octanol–water partition coefficient (Wildman–Crippen LogP) is 2.45. The second-order valence-corrected chi connectivity index (χ2v) is 5.77. The van der Waals surface area contributed by atoms with E-state index in [0.29, 0.717) is 19.5 Å². The first-order valence-electron chi connectivity index (χ1n) is 7.36. The molecule has 5 heteroatoms. The normalized spacial score (nSPS) is 16.2. The summed E-state index contributed by atoms with van der Waals surface area (Å²) >= 11 is 0. The zero-order valence-corrected chi connectivity index (χ0v) is 12.7. The maximum atomic E-state index is 13.7. The highest BCUT2D eigenvalue weighted by Crippen LogP contribution is 2.32. The number of amides is 1. The maximum Gasteiger partial charge on any atom is 0.224 e. The number of carbonyl (C=O) groups excluding carboxylic acids is 1. The second-order valence-electron chi connectivity index (χ2n) is 5.77. The molecule has 0 spiro atoms. The van der Waals surface area contributed by atoms with E-state index in [4.69, 9.17) is 10.5 Å². The molecule has 1 aliphatic carbocycles. The maximum absolute atomic E-state index is 13.7. The molecule has 1 aromatic carbocycles. The second kappa shape index (κ2) is 6.43. The molecule has 2 rings (SSSR count). The van der Waals surface area contributed by atoms with Crippen LogP contribution >= 0.6 is 0 Å². The number of ether oxygens (including phenoxy) is 1. The summed E-state index contributed by atoms with van der Waals surface area (Å²) < 4.78 is 18.6. The lowest BCUT2D eigenvalue weighted by Crippen LogP contribution is -2.50. The third-order valence-corrected chi connectivity index (χ3v) is 4.18. The Morgan fingerprint density at radius 1 is 1.48 bits per heavy atom. The fraction of sp³-hybridized carbons (Fsp3) is 0.562. The lowest BCUT2D eigenvalue weighted by molar-refractivity contribution is -0.133. The van der Waals surface area contributed by atoms with Gasteiger partial charge in [-0.1, -0.05) is 6.07 Å². The highest BCUT2D eigenvalue weighted by Gasteiger charge is 2.35. The number of benzene rings is 1. The number of methoxy groups -OCH3 is 1. The minimum absolute atomic E-state index is 0.0379. The molecule has 1 amide bonds. The van der Waals surface area contributed by atoms with Gasteiger partial charge in [0.05, 0.1) is 7.11 Å². The van der Waals surface area contributed by atoms with Crippen molar-refractivity contribution in [2.24, 2.45) is 5.73 Å². The van der Waals surface area contributed by atoms with E-state index in [1.807, 2.05) is 6.92 Å². The summed E-state index contributed by atoms with van der Waals surface area (Å²) in [4.78, 5) is 14.0. The third kappa shape index (κ3) is 3.73. The fourth-order valence-corrected chi connectivity index (χ4v) is 2.63. The zero-order valence-electron chi connectivity index (χ0n) is 12.7. The molecule has 2 N–H and O–H groups in total. The molecule has 0 bridgehead atoms. The lowest BCUT2D eigenvalue weighted by Gasteiger charge is -2.38.